The fraction of sp³-hybridized carbons (Fsp3) is 0.909. The number of carbonyl (C=O) groups is 1. The van der Waals surface area contributed by atoms with E-state index in [4.69, 9.17) is 5.73 Å². The molecule has 4 N–H and O–H groups in total. The van der Waals surface area contributed by atoms with Crippen LogP contribution in [0.4, 0.5) is 0 Å². The first-order valence-electron chi connectivity index (χ1n) is 5.82. The number of nitrogens with one attached hydrogen (secondary N) is 1. The molecule has 1 aliphatic carbocycles. The molecular weight excluding hydrogens is 192 g/mol. The highest BCUT2D eigenvalue weighted by atomic mass is 16.4. The lowest BCUT2D eigenvalue weighted by atomic mass is 9.73. The second-order valence-corrected chi connectivity index (χ2v) is 4.49. The number of rotatable bonds is 5. The molecule has 2 unspecified atom stereocenters. The van der Waals surface area contributed by atoms with Gasteiger partial charge in [0, 0.05) is 0 Å². The van der Waals surface area contributed by atoms with Gasteiger partial charge in [0.05, 0.1) is 0 Å². The molecule has 1 rings (SSSR count). The van der Waals surface area contributed by atoms with Crippen molar-refractivity contribution in [3.05, 3.63) is 0 Å². The van der Waals surface area contributed by atoms with Gasteiger partial charge in [-0.15, -0.1) is 0 Å². The van der Waals surface area contributed by atoms with E-state index in [1.807, 2.05) is 6.92 Å². The molecule has 4 heteroatoms. The third-order valence-corrected chi connectivity index (χ3v) is 3.50. The first kappa shape index (κ1) is 12.5. The zero-order chi connectivity index (χ0) is 11.3. The van der Waals surface area contributed by atoms with Gasteiger partial charge < -0.3 is 16.2 Å². The second kappa shape index (κ2) is 5.47. The van der Waals surface area contributed by atoms with Gasteiger partial charge in [-0.3, -0.25) is 4.79 Å². The van der Waals surface area contributed by atoms with Gasteiger partial charge in [-0.25, -0.2) is 0 Å². The van der Waals surface area contributed by atoms with Gasteiger partial charge in [-0.2, -0.15) is 0 Å². The lowest BCUT2D eigenvalue weighted by Gasteiger charge is -2.39. The van der Waals surface area contributed by atoms with Crippen molar-refractivity contribution >= 4 is 5.97 Å². The Hall–Kier alpha value is -0.610. The summed E-state index contributed by atoms with van der Waals surface area (Å²) < 4.78 is 0. The average molecular weight is 214 g/mol. The maximum atomic E-state index is 11.4. The van der Waals surface area contributed by atoms with Crippen molar-refractivity contribution in [3.63, 3.8) is 0 Å². The molecule has 1 saturated carbocycles. The average Bonchev–Trinajstić information content (AvgIpc) is 2.21. The molecule has 0 saturated heterocycles. The molecular formula is C11H22N2O2. The van der Waals surface area contributed by atoms with Crippen molar-refractivity contribution in [1.29, 1.82) is 0 Å². The molecule has 0 radical (unpaired) electrons. The summed E-state index contributed by atoms with van der Waals surface area (Å²) in [6.07, 6.45) is 4.73. The molecule has 1 aliphatic rings. The molecule has 1 fully saturated rings. The molecule has 0 amide bonds. The van der Waals surface area contributed by atoms with E-state index in [9.17, 15) is 9.90 Å². The van der Waals surface area contributed by atoms with Crippen LogP contribution in [0.15, 0.2) is 0 Å². The van der Waals surface area contributed by atoms with Gasteiger partial charge in [0.1, 0.15) is 5.54 Å². The van der Waals surface area contributed by atoms with Crippen LogP contribution in [0.1, 0.15) is 39.0 Å². The molecule has 0 aliphatic heterocycles. The van der Waals surface area contributed by atoms with Crippen LogP contribution in [0.2, 0.25) is 0 Å². The molecule has 0 aromatic carbocycles. The van der Waals surface area contributed by atoms with Crippen LogP contribution in [0.5, 0.6) is 0 Å². The summed E-state index contributed by atoms with van der Waals surface area (Å²) in [4.78, 5) is 11.4. The Morgan fingerprint density at radius 1 is 1.60 bits per heavy atom. The van der Waals surface area contributed by atoms with E-state index in [2.05, 4.69) is 5.32 Å². The minimum absolute atomic E-state index is 0.210. The molecule has 0 spiro atoms. The summed E-state index contributed by atoms with van der Waals surface area (Å²) in [5, 5.41) is 12.6. The van der Waals surface area contributed by atoms with E-state index in [0.717, 1.165) is 32.1 Å². The van der Waals surface area contributed by atoms with Crippen LogP contribution >= 0.6 is 0 Å². The van der Waals surface area contributed by atoms with Crippen molar-refractivity contribution in [1.82, 2.24) is 5.32 Å². The lowest BCUT2D eigenvalue weighted by Crippen LogP contribution is -2.58. The van der Waals surface area contributed by atoms with E-state index < -0.39 is 11.5 Å². The smallest absolute Gasteiger partial charge is 0.324 e. The fourth-order valence-electron chi connectivity index (χ4n) is 2.42. The van der Waals surface area contributed by atoms with E-state index in [1.165, 1.54) is 0 Å². The van der Waals surface area contributed by atoms with Gasteiger partial charge in [-0.05, 0) is 38.3 Å². The van der Waals surface area contributed by atoms with E-state index in [-0.39, 0.29) is 5.92 Å². The van der Waals surface area contributed by atoms with Crippen LogP contribution in [0.25, 0.3) is 0 Å². The van der Waals surface area contributed by atoms with E-state index in [0.29, 0.717) is 13.1 Å². The standard InChI is InChI=1S/C11H22N2O2/c1-9-5-2-3-6-11(9,10(14)15)13-8-4-7-12/h9,13H,2-8,12H2,1H3,(H,14,15). The maximum absolute atomic E-state index is 11.4. The quantitative estimate of drug-likeness (QED) is 0.596. The molecule has 88 valence electrons. The predicted molar refractivity (Wildman–Crippen MR) is 59.7 cm³/mol. The Balaban J connectivity index is 2.63. The van der Waals surface area contributed by atoms with Crippen LogP contribution in [0.3, 0.4) is 0 Å². The first-order chi connectivity index (χ1) is 7.13. The van der Waals surface area contributed by atoms with Crippen molar-refractivity contribution < 1.29 is 9.90 Å². The summed E-state index contributed by atoms with van der Waals surface area (Å²) >= 11 is 0. The van der Waals surface area contributed by atoms with Crippen molar-refractivity contribution in [2.75, 3.05) is 13.1 Å². The first-order valence-corrected chi connectivity index (χ1v) is 5.82. The molecule has 4 nitrogen and oxygen atoms in total. The Kier molecular flexibility index (Phi) is 4.54. The number of nitrogens with two attached hydrogens (primary N) is 1. The lowest BCUT2D eigenvalue weighted by molar-refractivity contribution is -0.149. The third kappa shape index (κ3) is 2.69. The zero-order valence-electron chi connectivity index (χ0n) is 9.46. The van der Waals surface area contributed by atoms with E-state index in [1.54, 1.807) is 0 Å². The van der Waals surface area contributed by atoms with Crippen molar-refractivity contribution in [2.24, 2.45) is 11.7 Å². The summed E-state index contributed by atoms with van der Waals surface area (Å²) in [5.41, 5.74) is 4.71. The van der Waals surface area contributed by atoms with Crippen molar-refractivity contribution in [2.45, 2.75) is 44.6 Å². The highest BCUT2D eigenvalue weighted by Gasteiger charge is 2.44. The van der Waals surface area contributed by atoms with Crippen LogP contribution < -0.4 is 11.1 Å². The van der Waals surface area contributed by atoms with Crippen molar-refractivity contribution in [3.8, 4) is 0 Å². The molecule has 0 heterocycles. The Bertz CT molecular complexity index is 221. The second-order valence-electron chi connectivity index (χ2n) is 4.49. The summed E-state index contributed by atoms with van der Waals surface area (Å²) in [6.45, 7) is 3.34. The third-order valence-electron chi connectivity index (χ3n) is 3.50. The Morgan fingerprint density at radius 3 is 2.87 bits per heavy atom. The van der Waals surface area contributed by atoms with Gasteiger partial charge >= 0.3 is 5.97 Å². The van der Waals surface area contributed by atoms with Crippen LogP contribution in [-0.4, -0.2) is 29.7 Å². The van der Waals surface area contributed by atoms with Gasteiger partial charge in [0.15, 0.2) is 0 Å². The maximum Gasteiger partial charge on any atom is 0.324 e. The summed E-state index contributed by atoms with van der Waals surface area (Å²) in [7, 11) is 0. The minimum Gasteiger partial charge on any atom is -0.480 e. The summed E-state index contributed by atoms with van der Waals surface area (Å²) in [5.74, 6) is -0.492. The largest absolute Gasteiger partial charge is 0.480 e. The normalized spacial score (nSPS) is 31.5. The fourth-order valence-corrected chi connectivity index (χ4v) is 2.42. The number of hydrogen-bond acceptors (Lipinski definition) is 3. The van der Waals surface area contributed by atoms with Gasteiger partial charge in [0.2, 0.25) is 0 Å². The summed E-state index contributed by atoms with van der Waals surface area (Å²) in [6, 6.07) is 0. The molecule has 0 bridgehead atoms. The number of carboxylic acid groups (broad SMARTS) is 1. The highest BCUT2D eigenvalue weighted by Crippen LogP contribution is 2.33. The Morgan fingerprint density at radius 2 is 2.33 bits per heavy atom. The van der Waals surface area contributed by atoms with Gasteiger partial charge in [0.25, 0.3) is 0 Å². The Labute approximate surface area is 91.2 Å². The molecule has 0 aromatic rings. The highest BCUT2D eigenvalue weighted by molar-refractivity contribution is 5.79. The monoisotopic (exact) mass is 214 g/mol. The number of aliphatic carboxylic acids is 1. The van der Waals surface area contributed by atoms with Gasteiger partial charge in [-0.1, -0.05) is 19.8 Å². The molecule has 2 atom stereocenters. The van der Waals surface area contributed by atoms with Crippen LogP contribution in [-0.2, 0) is 4.79 Å². The van der Waals surface area contributed by atoms with Crippen LogP contribution in [0, 0.1) is 5.92 Å². The topological polar surface area (TPSA) is 75.3 Å². The SMILES string of the molecule is CC1CCCCC1(NCCCN)C(=O)O. The molecule has 15 heavy (non-hydrogen) atoms. The number of carboxylic acids is 1. The predicted octanol–water partition coefficient (Wildman–Crippen LogP) is 0.958. The van der Waals surface area contributed by atoms with E-state index >= 15 is 0 Å². The zero-order valence-corrected chi connectivity index (χ0v) is 9.46. The number of hydrogen-bond donors (Lipinski definition) is 3. The minimum atomic E-state index is -0.702. The molecule has 0 aromatic heterocycles.